The van der Waals surface area contributed by atoms with Crippen molar-refractivity contribution in [3.63, 3.8) is 0 Å². The summed E-state index contributed by atoms with van der Waals surface area (Å²) in [7, 11) is 0. The largest absolute Gasteiger partial charge is 0.311 e. The zero-order valence-corrected chi connectivity index (χ0v) is 37.7. The van der Waals surface area contributed by atoms with Gasteiger partial charge in [-0.15, -0.1) is 22.7 Å². The minimum atomic E-state index is 1.11. The second-order valence-electron chi connectivity index (χ2n) is 17.1. The van der Waals surface area contributed by atoms with Crippen molar-refractivity contribution in [2.45, 2.75) is 27.7 Å². The van der Waals surface area contributed by atoms with E-state index in [9.17, 15) is 0 Å². The van der Waals surface area contributed by atoms with Crippen LogP contribution in [-0.2, 0) is 0 Å². The third kappa shape index (κ3) is 6.40. The van der Waals surface area contributed by atoms with Crippen LogP contribution in [0, 0.1) is 27.7 Å². The summed E-state index contributed by atoms with van der Waals surface area (Å²) in [6.07, 6.45) is 0. The molecule has 0 saturated carbocycles. The van der Waals surface area contributed by atoms with Gasteiger partial charge in [-0.2, -0.15) is 0 Å². The molecule has 0 bridgehead atoms. The molecule has 0 aliphatic heterocycles. The molecule has 0 saturated heterocycles. The van der Waals surface area contributed by atoms with Gasteiger partial charge in [0.1, 0.15) is 0 Å². The third-order valence-electron chi connectivity index (χ3n) is 12.7. The molecule has 0 N–H and O–H groups in total. The number of aromatic nitrogens is 2. The van der Waals surface area contributed by atoms with Crippen molar-refractivity contribution < 1.29 is 0 Å². The lowest BCUT2D eigenvalue weighted by Crippen LogP contribution is -2.10. The van der Waals surface area contributed by atoms with E-state index >= 15 is 0 Å². The summed E-state index contributed by atoms with van der Waals surface area (Å²) >= 11 is 3.61. The lowest BCUT2D eigenvalue weighted by molar-refractivity contribution is 1.17. The fourth-order valence-electron chi connectivity index (χ4n) is 9.40. The molecule has 308 valence electrons. The fraction of sp³-hybridized carbons (Fsp3) is 0.0690. The SMILES string of the molecule is Cc1ccc(N(c2ccc(C)cc2)c2ccc(-n3c4cc5ccsc5cc4c4c3c3cc5sccc5cc3n4-c3ccc(N(c4ccc(C)cc4)c4ccc(C)cc4)cc3)cc2)cc1. The normalized spacial score (nSPS) is 11.8. The Morgan fingerprint density at radius 2 is 0.609 bits per heavy atom. The lowest BCUT2D eigenvalue weighted by atomic mass is 10.1. The van der Waals surface area contributed by atoms with Gasteiger partial charge in [-0.05, 0) is 183 Å². The summed E-state index contributed by atoms with van der Waals surface area (Å²) in [5.41, 5.74) is 18.8. The minimum absolute atomic E-state index is 1.11. The van der Waals surface area contributed by atoms with E-state index in [1.165, 1.54) is 75.3 Å². The molecule has 0 unspecified atom stereocenters. The lowest BCUT2D eigenvalue weighted by Gasteiger charge is -2.26. The van der Waals surface area contributed by atoms with Gasteiger partial charge in [0.25, 0.3) is 0 Å². The van der Waals surface area contributed by atoms with Crippen molar-refractivity contribution >= 4 is 110 Å². The maximum atomic E-state index is 2.51. The first-order valence-corrected chi connectivity index (χ1v) is 23.6. The van der Waals surface area contributed by atoms with Crippen molar-refractivity contribution in [1.29, 1.82) is 0 Å². The van der Waals surface area contributed by atoms with E-state index < -0.39 is 0 Å². The first kappa shape index (κ1) is 38.3. The molecule has 64 heavy (non-hydrogen) atoms. The highest BCUT2D eigenvalue weighted by Crippen LogP contribution is 2.45. The monoisotopic (exact) mass is 860 g/mol. The van der Waals surface area contributed by atoms with Crippen molar-refractivity contribution in [3.8, 4) is 11.4 Å². The first-order chi connectivity index (χ1) is 31.3. The van der Waals surface area contributed by atoms with Crippen LogP contribution in [0.3, 0.4) is 0 Å². The maximum absolute atomic E-state index is 2.51. The van der Waals surface area contributed by atoms with Crippen LogP contribution in [0.5, 0.6) is 0 Å². The molecule has 0 amide bonds. The average Bonchev–Trinajstić information content (AvgIpc) is 4.11. The topological polar surface area (TPSA) is 16.3 Å². The highest BCUT2D eigenvalue weighted by Gasteiger charge is 2.25. The predicted octanol–water partition coefficient (Wildman–Crippen LogP) is 17.3. The van der Waals surface area contributed by atoms with Crippen LogP contribution in [0.15, 0.2) is 193 Å². The highest BCUT2D eigenvalue weighted by molar-refractivity contribution is 7.17. The molecule has 0 atom stereocenters. The smallest absolute Gasteiger partial charge is 0.0804 e. The molecule has 0 radical (unpaired) electrons. The molecule has 12 rings (SSSR count). The Balaban J connectivity index is 1.07. The average molecular weight is 861 g/mol. The molecule has 0 fully saturated rings. The molecule has 4 aromatic heterocycles. The molecular weight excluding hydrogens is 817 g/mol. The van der Waals surface area contributed by atoms with Crippen molar-refractivity contribution in [1.82, 2.24) is 9.13 Å². The number of benzene rings is 8. The van der Waals surface area contributed by atoms with E-state index in [2.05, 4.69) is 239 Å². The summed E-state index contributed by atoms with van der Waals surface area (Å²) in [6, 6.07) is 67.7. The van der Waals surface area contributed by atoms with Crippen LogP contribution in [0.1, 0.15) is 22.3 Å². The van der Waals surface area contributed by atoms with Crippen molar-refractivity contribution in [3.05, 3.63) is 215 Å². The zero-order valence-electron chi connectivity index (χ0n) is 36.1. The quantitative estimate of drug-likeness (QED) is 0.151. The van der Waals surface area contributed by atoms with Gasteiger partial charge in [-0.25, -0.2) is 0 Å². The highest BCUT2D eigenvalue weighted by atomic mass is 32.1. The van der Waals surface area contributed by atoms with Gasteiger partial charge in [-0.1, -0.05) is 70.8 Å². The Hall–Kier alpha value is -7.38. The Morgan fingerprint density at radius 1 is 0.328 bits per heavy atom. The van der Waals surface area contributed by atoms with Gasteiger partial charge in [0.05, 0.1) is 22.1 Å². The molecule has 12 aromatic rings. The maximum Gasteiger partial charge on any atom is 0.0804 e. The van der Waals surface area contributed by atoms with Crippen LogP contribution in [0.4, 0.5) is 34.1 Å². The number of anilines is 6. The summed E-state index contributed by atoms with van der Waals surface area (Å²) in [5, 5.41) is 9.41. The van der Waals surface area contributed by atoms with Crippen molar-refractivity contribution in [2.75, 3.05) is 9.80 Å². The van der Waals surface area contributed by atoms with E-state index in [-0.39, 0.29) is 0 Å². The Labute approximate surface area is 380 Å². The van der Waals surface area contributed by atoms with Crippen molar-refractivity contribution in [2.24, 2.45) is 0 Å². The number of nitrogens with zero attached hydrogens (tertiary/aromatic N) is 4. The van der Waals surface area contributed by atoms with E-state index in [1.807, 2.05) is 0 Å². The molecule has 8 aromatic carbocycles. The Kier molecular flexibility index (Phi) is 9.07. The zero-order chi connectivity index (χ0) is 43.1. The second-order valence-corrected chi connectivity index (χ2v) is 19.0. The molecular formula is C58H44N4S2. The van der Waals surface area contributed by atoms with E-state index in [4.69, 9.17) is 0 Å². The van der Waals surface area contributed by atoms with Gasteiger partial charge in [0.2, 0.25) is 0 Å². The summed E-state index contributed by atoms with van der Waals surface area (Å²) in [5.74, 6) is 0. The molecule has 4 nitrogen and oxygen atoms in total. The van der Waals surface area contributed by atoms with E-state index in [0.29, 0.717) is 0 Å². The number of hydrogen-bond acceptors (Lipinski definition) is 4. The van der Waals surface area contributed by atoms with Crippen LogP contribution in [0.25, 0.3) is 64.4 Å². The number of aryl methyl sites for hydroxylation is 4. The molecule has 0 spiro atoms. The fourth-order valence-corrected chi connectivity index (χ4v) is 11.0. The summed E-state index contributed by atoms with van der Waals surface area (Å²) in [4.78, 5) is 4.70. The first-order valence-electron chi connectivity index (χ1n) is 21.8. The van der Waals surface area contributed by atoms with Crippen LogP contribution < -0.4 is 9.80 Å². The number of hydrogen-bond donors (Lipinski definition) is 0. The van der Waals surface area contributed by atoms with Gasteiger partial charge in [0, 0.05) is 65.7 Å². The Bertz CT molecular complexity index is 3330. The Morgan fingerprint density at radius 3 is 0.906 bits per heavy atom. The minimum Gasteiger partial charge on any atom is -0.311 e. The molecule has 6 heteroatoms. The van der Waals surface area contributed by atoms with Crippen LogP contribution >= 0.6 is 22.7 Å². The number of fused-ring (bicyclic) bond motifs is 7. The van der Waals surface area contributed by atoms with Crippen LogP contribution in [-0.4, -0.2) is 9.13 Å². The van der Waals surface area contributed by atoms with E-state index in [0.717, 1.165) is 45.5 Å². The van der Waals surface area contributed by atoms with Crippen LogP contribution in [0.2, 0.25) is 0 Å². The van der Waals surface area contributed by atoms with E-state index in [1.54, 1.807) is 22.7 Å². The van der Waals surface area contributed by atoms with Gasteiger partial charge in [-0.3, -0.25) is 0 Å². The number of thiophene rings is 2. The molecule has 4 heterocycles. The van der Waals surface area contributed by atoms with Gasteiger partial charge < -0.3 is 18.9 Å². The molecule has 0 aliphatic rings. The third-order valence-corrected chi connectivity index (χ3v) is 14.5. The predicted molar refractivity (Wildman–Crippen MR) is 277 cm³/mol. The standard InChI is InChI=1S/C58H44N4S2/c1-37-5-13-43(14-6-37)59(44-15-7-38(2)8-16-44)47-21-25-49(26-22-47)61-53-33-41-29-31-63-55(41)35-51(53)58-57(61)52-36-56-42(30-32-64-56)34-54(52)62(58)50-27-23-48(24-28-50)60(45-17-9-39(3)10-18-45)46-19-11-40(4)12-20-46/h5-36H,1-4H3. The number of rotatable bonds is 8. The van der Waals surface area contributed by atoms with Gasteiger partial charge in [0.15, 0.2) is 0 Å². The van der Waals surface area contributed by atoms with Gasteiger partial charge >= 0.3 is 0 Å². The summed E-state index contributed by atoms with van der Waals surface area (Å²) in [6.45, 7) is 8.57. The summed E-state index contributed by atoms with van der Waals surface area (Å²) < 4.78 is 7.59. The molecule has 0 aliphatic carbocycles. The second kappa shape index (κ2) is 15.2.